The topological polar surface area (TPSA) is 111 Å². The number of aromatic nitrogens is 4. The maximum Gasteiger partial charge on any atom is 0.231 e. The summed E-state index contributed by atoms with van der Waals surface area (Å²) in [6.07, 6.45) is 0.146. The summed E-state index contributed by atoms with van der Waals surface area (Å²) in [5.41, 5.74) is 1.75. The standard InChI is InChI=1S/C25H23FN6O4/c1-35-20-7-5-19(6-8-20)31-15-17(14-23(31)33)25(34)27-11-12-36-22-10-9-21-28-29-24(32(21)30-22)16-3-2-4-18(26)13-16/h2-10,13,17H,11-12,14-15H2,1H3,(H,27,34). The van der Waals surface area contributed by atoms with Crippen molar-refractivity contribution in [3.8, 4) is 23.0 Å². The number of rotatable bonds is 8. The summed E-state index contributed by atoms with van der Waals surface area (Å²) in [4.78, 5) is 26.7. The molecule has 0 saturated carbocycles. The Labute approximate surface area is 205 Å². The normalized spacial score (nSPS) is 15.3. The largest absolute Gasteiger partial charge is 0.497 e. The number of carbonyl (C=O) groups excluding carboxylic acids is 2. The van der Waals surface area contributed by atoms with E-state index >= 15 is 0 Å². The number of hydrogen-bond donors (Lipinski definition) is 1. The lowest BCUT2D eigenvalue weighted by Gasteiger charge is -2.17. The first-order chi connectivity index (χ1) is 17.5. The Hall–Kier alpha value is -4.54. The zero-order chi connectivity index (χ0) is 25.1. The number of carbonyl (C=O) groups is 2. The molecule has 1 aliphatic rings. The smallest absolute Gasteiger partial charge is 0.231 e. The van der Waals surface area contributed by atoms with Crippen LogP contribution in [0, 0.1) is 11.7 Å². The van der Waals surface area contributed by atoms with Gasteiger partial charge in [0.25, 0.3) is 0 Å². The molecule has 0 aliphatic carbocycles. The van der Waals surface area contributed by atoms with E-state index in [9.17, 15) is 14.0 Å². The molecule has 1 atom stereocenters. The van der Waals surface area contributed by atoms with E-state index < -0.39 is 5.92 Å². The van der Waals surface area contributed by atoms with Gasteiger partial charge >= 0.3 is 0 Å². The van der Waals surface area contributed by atoms with E-state index in [1.807, 2.05) is 0 Å². The van der Waals surface area contributed by atoms with Crippen LogP contribution in [0.2, 0.25) is 0 Å². The van der Waals surface area contributed by atoms with Gasteiger partial charge in [-0.25, -0.2) is 4.39 Å². The summed E-state index contributed by atoms with van der Waals surface area (Å²) in [6, 6.07) is 16.5. The van der Waals surface area contributed by atoms with Gasteiger partial charge in [-0.2, -0.15) is 4.52 Å². The predicted octanol–water partition coefficient (Wildman–Crippen LogP) is 2.49. The highest BCUT2D eigenvalue weighted by Gasteiger charge is 2.35. The molecular weight excluding hydrogens is 467 g/mol. The van der Waals surface area contributed by atoms with Crippen molar-refractivity contribution in [2.45, 2.75) is 6.42 Å². The molecule has 11 heteroatoms. The predicted molar refractivity (Wildman–Crippen MR) is 128 cm³/mol. The molecule has 3 heterocycles. The molecule has 36 heavy (non-hydrogen) atoms. The molecule has 1 saturated heterocycles. The van der Waals surface area contributed by atoms with Gasteiger partial charge in [0.2, 0.25) is 17.7 Å². The zero-order valence-electron chi connectivity index (χ0n) is 19.4. The maximum absolute atomic E-state index is 13.6. The molecule has 2 amide bonds. The van der Waals surface area contributed by atoms with Gasteiger partial charge < -0.3 is 19.7 Å². The number of hydrogen-bond acceptors (Lipinski definition) is 7. The molecular formula is C25H23FN6O4. The fraction of sp³-hybridized carbons (Fsp3) is 0.240. The van der Waals surface area contributed by atoms with Gasteiger partial charge in [-0.1, -0.05) is 12.1 Å². The van der Waals surface area contributed by atoms with Crippen molar-refractivity contribution in [3.05, 3.63) is 66.5 Å². The van der Waals surface area contributed by atoms with Crippen LogP contribution in [-0.2, 0) is 9.59 Å². The highest BCUT2D eigenvalue weighted by molar-refractivity contribution is 6.00. The summed E-state index contributed by atoms with van der Waals surface area (Å²) in [6.45, 7) is 0.724. The third-order valence-corrected chi connectivity index (χ3v) is 5.85. The van der Waals surface area contributed by atoms with Gasteiger partial charge in [0.05, 0.1) is 19.6 Å². The lowest BCUT2D eigenvalue weighted by Crippen LogP contribution is -2.35. The molecule has 0 bridgehead atoms. The second-order valence-electron chi connectivity index (χ2n) is 8.22. The quantitative estimate of drug-likeness (QED) is 0.378. The molecule has 184 valence electrons. The van der Waals surface area contributed by atoms with Gasteiger partial charge in [-0.15, -0.1) is 15.3 Å². The van der Waals surface area contributed by atoms with E-state index in [1.54, 1.807) is 60.5 Å². The Balaban J connectivity index is 1.15. The summed E-state index contributed by atoms with van der Waals surface area (Å²) in [5, 5.41) is 15.3. The molecule has 1 fully saturated rings. The second kappa shape index (κ2) is 9.98. The average Bonchev–Trinajstić information content (AvgIpc) is 3.50. The summed E-state index contributed by atoms with van der Waals surface area (Å²) >= 11 is 0. The van der Waals surface area contributed by atoms with Gasteiger partial charge in [-0.05, 0) is 42.5 Å². The van der Waals surface area contributed by atoms with Crippen LogP contribution < -0.4 is 19.7 Å². The lowest BCUT2D eigenvalue weighted by atomic mass is 10.1. The number of halogens is 1. The third-order valence-electron chi connectivity index (χ3n) is 5.85. The molecule has 1 unspecified atom stereocenters. The van der Waals surface area contributed by atoms with Gasteiger partial charge in [-0.3, -0.25) is 9.59 Å². The molecule has 10 nitrogen and oxygen atoms in total. The van der Waals surface area contributed by atoms with E-state index in [2.05, 4.69) is 20.6 Å². The van der Waals surface area contributed by atoms with Crippen molar-refractivity contribution < 1.29 is 23.5 Å². The fourth-order valence-electron chi connectivity index (χ4n) is 4.03. The maximum atomic E-state index is 13.6. The number of ether oxygens (including phenoxy) is 2. The van der Waals surface area contributed by atoms with Gasteiger partial charge in [0, 0.05) is 30.3 Å². The fourth-order valence-corrected chi connectivity index (χ4v) is 4.03. The number of fused-ring (bicyclic) bond motifs is 1. The van der Waals surface area contributed by atoms with Crippen LogP contribution in [0.15, 0.2) is 60.7 Å². The second-order valence-corrected chi connectivity index (χ2v) is 8.22. The van der Waals surface area contributed by atoms with Crippen LogP contribution in [0.3, 0.4) is 0 Å². The number of benzene rings is 2. The summed E-state index contributed by atoms with van der Waals surface area (Å²) in [5.74, 6) is 0.244. The van der Waals surface area contributed by atoms with Crippen LogP contribution in [0.1, 0.15) is 6.42 Å². The van der Waals surface area contributed by atoms with E-state index in [1.165, 1.54) is 16.6 Å². The van der Waals surface area contributed by atoms with Crippen molar-refractivity contribution in [1.29, 1.82) is 0 Å². The molecule has 2 aromatic carbocycles. The molecule has 4 aromatic rings. The lowest BCUT2D eigenvalue weighted by molar-refractivity contribution is -0.126. The van der Waals surface area contributed by atoms with E-state index in [0.717, 1.165) is 5.69 Å². The van der Waals surface area contributed by atoms with E-state index in [-0.39, 0.29) is 37.2 Å². The summed E-state index contributed by atoms with van der Waals surface area (Å²) < 4.78 is 25.9. The Bertz CT molecular complexity index is 1410. The van der Waals surface area contributed by atoms with Crippen LogP contribution in [0.25, 0.3) is 17.0 Å². The molecule has 5 rings (SSSR count). The molecule has 2 aromatic heterocycles. The van der Waals surface area contributed by atoms with Gasteiger partial charge in [0.1, 0.15) is 18.2 Å². The first-order valence-corrected chi connectivity index (χ1v) is 11.3. The minimum Gasteiger partial charge on any atom is -0.497 e. The SMILES string of the molecule is COc1ccc(N2CC(C(=O)NCCOc3ccc4nnc(-c5cccc(F)c5)n4n3)CC2=O)cc1. The zero-order valence-corrected chi connectivity index (χ0v) is 19.4. The van der Waals surface area contributed by atoms with Crippen molar-refractivity contribution in [2.24, 2.45) is 5.92 Å². The Morgan fingerprint density at radius 2 is 1.97 bits per heavy atom. The van der Waals surface area contributed by atoms with Gasteiger partial charge in [0.15, 0.2) is 11.5 Å². The van der Waals surface area contributed by atoms with Crippen molar-refractivity contribution in [1.82, 2.24) is 25.1 Å². The monoisotopic (exact) mass is 490 g/mol. The van der Waals surface area contributed by atoms with Crippen LogP contribution in [-0.4, -0.2) is 58.4 Å². The Kier molecular flexibility index (Phi) is 6.44. The Morgan fingerprint density at radius 1 is 1.14 bits per heavy atom. The first kappa shape index (κ1) is 23.2. The number of methoxy groups -OCH3 is 1. The van der Waals surface area contributed by atoms with Crippen LogP contribution in [0.4, 0.5) is 10.1 Å². The number of nitrogens with zero attached hydrogens (tertiary/aromatic N) is 5. The third kappa shape index (κ3) is 4.81. The number of amides is 2. The minimum absolute atomic E-state index is 0.0999. The van der Waals surface area contributed by atoms with Crippen LogP contribution in [0.5, 0.6) is 11.6 Å². The number of anilines is 1. The van der Waals surface area contributed by atoms with E-state index in [0.29, 0.717) is 35.2 Å². The Morgan fingerprint density at radius 3 is 2.75 bits per heavy atom. The minimum atomic E-state index is -0.445. The summed E-state index contributed by atoms with van der Waals surface area (Å²) in [7, 11) is 1.58. The number of nitrogens with one attached hydrogen (secondary N) is 1. The highest BCUT2D eigenvalue weighted by atomic mass is 19.1. The van der Waals surface area contributed by atoms with Crippen LogP contribution >= 0.6 is 0 Å². The van der Waals surface area contributed by atoms with Crippen molar-refractivity contribution in [3.63, 3.8) is 0 Å². The molecule has 1 aliphatic heterocycles. The average molecular weight is 490 g/mol. The molecule has 1 N–H and O–H groups in total. The first-order valence-electron chi connectivity index (χ1n) is 11.3. The molecule has 0 radical (unpaired) electrons. The highest BCUT2D eigenvalue weighted by Crippen LogP contribution is 2.27. The van der Waals surface area contributed by atoms with Crippen molar-refractivity contribution >= 4 is 23.1 Å². The molecule has 0 spiro atoms. The van der Waals surface area contributed by atoms with Crippen molar-refractivity contribution in [2.75, 3.05) is 31.7 Å². The van der Waals surface area contributed by atoms with E-state index in [4.69, 9.17) is 9.47 Å².